The highest BCUT2D eigenvalue weighted by atomic mass is 35.5. The predicted molar refractivity (Wildman–Crippen MR) is 82.4 cm³/mol. The van der Waals surface area contributed by atoms with Crippen molar-refractivity contribution in [2.45, 2.75) is 12.5 Å². The van der Waals surface area contributed by atoms with Crippen molar-refractivity contribution >= 4 is 35.6 Å². The molecule has 1 aliphatic rings. The van der Waals surface area contributed by atoms with Crippen LogP contribution in [0.1, 0.15) is 23.3 Å². The molecule has 114 valence electrons. The van der Waals surface area contributed by atoms with E-state index in [1.54, 1.807) is 18.2 Å². The molecule has 1 saturated heterocycles. The van der Waals surface area contributed by atoms with Gasteiger partial charge in [0.25, 0.3) is 0 Å². The molecule has 1 aromatic heterocycles. The van der Waals surface area contributed by atoms with Crippen molar-refractivity contribution in [1.82, 2.24) is 15.5 Å². The number of benzene rings is 1. The Morgan fingerprint density at radius 3 is 2.71 bits per heavy atom. The zero-order valence-corrected chi connectivity index (χ0v) is 13.3. The lowest BCUT2D eigenvalue weighted by Gasteiger charge is -2.20. The van der Waals surface area contributed by atoms with Crippen LogP contribution in [-0.4, -0.2) is 29.9 Å². The third kappa shape index (κ3) is 3.87. The number of halogens is 3. The van der Waals surface area contributed by atoms with Crippen molar-refractivity contribution in [1.29, 1.82) is 0 Å². The minimum absolute atomic E-state index is 0. The van der Waals surface area contributed by atoms with Crippen LogP contribution >= 0.6 is 35.6 Å². The minimum atomic E-state index is -0.0250. The highest BCUT2D eigenvalue weighted by Crippen LogP contribution is 2.26. The molecule has 0 amide bonds. The fourth-order valence-corrected chi connectivity index (χ4v) is 2.60. The number of hydrogen-bond acceptors (Lipinski definition) is 5. The van der Waals surface area contributed by atoms with Crippen LogP contribution in [0.25, 0.3) is 0 Å². The zero-order valence-electron chi connectivity index (χ0n) is 11.0. The largest absolute Gasteiger partial charge is 0.378 e. The number of rotatable bonds is 3. The molecule has 1 N–H and O–H groups in total. The summed E-state index contributed by atoms with van der Waals surface area (Å²) in [4.78, 5) is 4.37. The van der Waals surface area contributed by atoms with Gasteiger partial charge in [-0.15, -0.1) is 12.4 Å². The number of nitrogens with zero attached hydrogens (tertiary/aromatic N) is 2. The molecule has 0 aliphatic carbocycles. The molecule has 3 rings (SSSR count). The summed E-state index contributed by atoms with van der Waals surface area (Å²) >= 11 is 12.3. The van der Waals surface area contributed by atoms with Crippen LogP contribution in [0.5, 0.6) is 0 Å². The lowest BCUT2D eigenvalue weighted by molar-refractivity contribution is 0.0734. The zero-order chi connectivity index (χ0) is 13.9. The molecule has 2 heterocycles. The molecular weight excluding hydrogens is 337 g/mol. The molecular formula is C13H14Cl3N3O2. The van der Waals surface area contributed by atoms with Gasteiger partial charge in [-0.2, -0.15) is 4.98 Å². The molecule has 1 fully saturated rings. The normalized spacial score (nSPS) is 18.3. The van der Waals surface area contributed by atoms with Gasteiger partial charge in [-0.1, -0.05) is 34.4 Å². The van der Waals surface area contributed by atoms with Crippen molar-refractivity contribution in [2.75, 3.05) is 19.8 Å². The Morgan fingerprint density at radius 1 is 1.29 bits per heavy atom. The quantitative estimate of drug-likeness (QED) is 0.922. The van der Waals surface area contributed by atoms with Gasteiger partial charge in [-0.3, -0.25) is 0 Å². The Kier molecular flexibility index (Phi) is 5.84. The van der Waals surface area contributed by atoms with Crippen LogP contribution in [0.4, 0.5) is 0 Å². The summed E-state index contributed by atoms with van der Waals surface area (Å²) in [6, 6.07) is 5.35. The van der Waals surface area contributed by atoms with E-state index in [4.69, 9.17) is 32.5 Å². The standard InChI is InChI=1S/C13H13Cl2N3O2.ClH/c14-9-2-1-3-10(15)8(9)6-12-17-13(18-20-12)11-7-19-5-4-16-11;/h1-3,11,16H,4-7H2;1H. The SMILES string of the molecule is Cl.Clc1cccc(Cl)c1Cc1nc(C2COCCN2)no1. The summed E-state index contributed by atoms with van der Waals surface area (Å²) in [5.41, 5.74) is 0.791. The number of ether oxygens (including phenoxy) is 1. The van der Waals surface area contributed by atoms with Gasteiger partial charge in [-0.05, 0) is 17.7 Å². The average Bonchev–Trinajstić information content (AvgIpc) is 2.93. The highest BCUT2D eigenvalue weighted by molar-refractivity contribution is 6.36. The highest BCUT2D eigenvalue weighted by Gasteiger charge is 2.21. The van der Waals surface area contributed by atoms with Crippen molar-refractivity contribution in [2.24, 2.45) is 0 Å². The van der Waals surface area contributed by atoms with E-state index in [0.29, 0.717) is 41.4 Å². The van der Waals surface area contributed by atoms with Crippen molar-refractivity contribution in [3.63, 3.8) is 0 Å². The van der Waals surface area contributed by atoms with E-state index in [2.05, 4.69) is 15.5 Å². The van der Waals surface area contributed by atoms with Crippen LogP contribution in [0.15, 0.2) is 22.7 Å². The maximum absolute atomic E-state index is 6.13. The molecule has 8 heteroatoms. The molecule has 21 heavy (non-hydrogen) atoms. The second kappa shape index (κ2) is 7.42. The fourth-order valence-electron chi connectivity index (χ4n) is 2.07. The first-order valence-electron chi connectivity index (χ1n) is 6.30. The minimum Gasteiger partial charge on any atom is -0.378 e. The van der Waals surface area contributed by atoms with E-state index in [9.17, 15) is 0 Å². The molecule has 1 aromatic carbocycles. The number of hydrogen-bond donors (Lipinski definition) is 1. The van der Waals surface area contributed by atoms with Crippen LogP contribution in [0, 0.1) is 0 Å². The molecule has 0 bridgehead atoms. The molecule has 0 saturated carbocycles. The Morgan fingerprint density at radius 2 is 2.05 bits per heavy atom. The van der Waals surface area contributed by atoms with E-state index in [1.165, 1.54) is 0 Å². The van der Waals surface area contributed by atoms with E-state index < -0.39 is 0 Å². The second-order valence-electron chi connectivity index (χ2n) is 4.50. The van der Waals surface area contributed by atoms with Gasteiger partial charge >= 0.3 is 0 Å². The van der Waals surface area contributed by atoms with Crippen LogP contribution in [0.2, 0.25) is 10.0 Å². The summed E-state index contributed by atoms with van der Waals surface area (Å²) in [6.07, 6.45) is 0.416. The molecule has 2 aromatic rings. The van der Waals surface area contributed by atoms with E-state index >= 15 is 0 Å². The lowest BCUT2D eigenvalue weighted by atomic mass is 10.1. The first kappa shape index (κ1) is 16.5. The van der Waals surface area contributed by atoms with Gasteiger partial charge < -0.3 is 14.6 Å². The summed E-state index contributed by atoms with van der Waals surface area (Å²) in [6.45, 7) is 2.03. The maximum atomic E-state index is 6.13. The average molecular weight is 351 g/mol. The third-order valence-electron chi connectivity index (χ3n) is 3.11. The molecule has 0 spiro atoms. The molecule has 1 atom stereocenters. The Balaban J connectivity index is 0.00000161. The van der Waals surface area contributed by atoms with Crippen LogP contribution < -0.4 is 5.32 Å². The van der Waals surface area contributed by atoms with Gasteiger partial charge in [-0.25, -0.2) is 0 Å². The number of morpholine rings is 1. The van der Waals surface area contributed by atoms with E-state index in [1.807, 2.05) is 0 Å². The van der Waals surface area contributed by atoms with E-state index in [0.717, 1.165) is 12.1 Å². The number of nitrogens with one attached hydrogen (secondary N) is 1. The van der Waals surface area contributed by atoms with Gasteiger partial charge in [0.2, 0.25) is 5.89 Å². The topological polar surface area (TPSA) is 60.2 Å². The predicted octanol–water partition coefficient (Wildman–Crippen LogP) is 3.05. The van der Waals surface area contributed by atoms with Crippen molar-refractivity contribution < 1.29 is 9.26 Å². The molecule has 1 aliphatic heterocycles. The summed E-state index contributed by atoms with van der Waals surface area (Å²) in [5, 5.41) is 8.44. The van der Waals surface area contributed by atoms with Crippen molar-refractivity contribution in [3.05, 3.63) is 45.5 Å². The maximum Gasteiger partial charge on any atom is 0.231 e. The molecule has 1 unspecified atom stereocenters. The van der Waals surface area contributed by atoms with Gasteiger partial charge in [0, 0.05) is 16.6 Å². The monoisotopic (exact) mass is 349 g/mol. The first-order chi connectivity index (χ1) is 9.74. The van der Waals surface area contributed by atoms with Gasteiger partial charge in [0.15, 0.2) is 5.82 Å². The van der Waals surface area contributed by atoms with Crippen LogP contribution in [-0.2, 0) is 11.2 Å². The Labute approximate surface area is 138 Å². The second-order valence-corrected chi connectivity index (χ2v) is 5.32. The molecule has 0 radical (unpaired) electrons. The smallest absolute Gasteiger partial charge is 0.231 e. The van der Waals surface area contributed by atoms with E-state index in [-0.39, 0.29) is 18.4 Å². The summed E-state index contributed by atoms with van der Waals surface area (Å²) < 4.78 is 10.6. The van der Waals surface area contributed by atoms with Crippen molar-refractivity contribution in [3.8, 4) is 0 Å². The summed E-state index contributed by atoms with van der Waals surface area (Å²) in [5.74, 6) is 1.09. The molecule has 5 nitrogen and oxygen atoms in total. The Bertz CT molecular complexity index is 580. The Hall–Kier alpha value is -0.850. The van der Waals surface area contributed by atoms with Crippen LogP contribution in [0.3, 0.4) is 0 Å². The first-order valence-corrected chi connectivity index (χ1v) is 7.06. The number of aromatic nitrogens is 2. The third-order valence-corrected chi connectivity index (χ3v) is 3.82. The lowest BCUT2D eigenvalue weighted by Crippen LogP contribution is -2.35. The van der Waals surface area contributed by atoms with Gasteiger partial charge in [0.05, 0.1) is 25.7 Å². The van der Waals surface area contributed by atoms with Gasteiger partial charge in [0.1, 0.15) is 0 Å². The fraction of sp³-hybridized carbons (Fsp3) is 0.385. The summed E-state index contributed by atoms with van der Waals surface area (Å²) in [7, 11) is 0.